The summed E-state index contributed by atoms with van der Waals surface area (Å²) in [5.74, 6) is -2.40. The lowest BCUT2D eigenvalue weighted by molar-refractivity contribution is -0.192. The third-order valence-corrected chi connectivity index (χ3v) is 8.26. The number of likely N-dealkylation sites (N-methyl/N-ethyl adjacent to an activating group) is 1. The minimum absolute atomic E-state index is 0.0346. The molecular formula is C30H32Cl2F3N5O4. The highest BCUT2D eigenvalue weighted by molar-refractivity contribution is 6.42. The number of fused-ring (bicyclic) bond motifs is 2. The van der Waals surface area contributed by atoms with E-state index < -0.39 is 12.1 Å². The number of rotatable bonds is 7. The zero-order chi connectivity index (χ0) is 32.2. The highest BCUT2D eigenvalue weighted by Crippen LogP contribution is 2.32. The number of carboxylic acid groups (broad SMARTS) is 1. The fraction of sp³-hybridized carbons (Fsp3) is 0.400. The predicted molar refractivity (Wildman–Crippen MR) is 164 cm³/mol. The number of hydrogen-bond acceptors (Lipinski definition) is 5. The molecule has 0 saturated carbocycles. The maximum atomic E-state index is 14.0. The number of para-hydroxylation sites is 1. The van der Waals surface area contributed by atoms with Crippen molar-refractivity contribution in [3.63, 3.8) is 0 Å². The van der Waals surface area contributed by atoms with Crippen LogP contribution in [0, 0.1) is 5.92 Å². The van der Waals surface area contributed by atoms with Crippen molar-refractivity contribution in [3.8, 4) is 11.3 Å². The number of halogens is 5. The average molecular weight is 655 g/mol. The number of hydrogen-bond donors (Lipinski definition) is 2. The maximum absolute atomic E-state index is 14.0. The summed E-state index contributed by atoms with van der Waals surface area (Å²) in [6.07, 6.45) is -1.08. The molecule has 1 unspecified atom stereocenters. The first-order valence-corrected chi connectivity index (χ1v) is 14.9. The van der Waals surface area contributed by atoms with E-state index in [1.54, 1.807) is 21.6 Å². The lowest BCUT2D eigenvalue weighted by atomic mass is 9.99. The van der Waals surface area contributed by atoms with Gasteiger partial charge >= 0.3 is 12.1 Å². The second kappa shape index (κ2) is 14.0. The van der Waals surface area contributed by atoms with Gasteiger partial charge in [-0.2, -0.15) is 13.2 Å². The van der Waals surface area contributed by atoms with E-state index in [4.69, 9.17) is 38.1 Å². The van der Waals surface area contributed by atoms with E-state index >= 15 is 0 Å². The van der Waals surface area contributed by atoms with Gasteiger partial charge in [0.15, 0.2) is 0 Å². The third-order valence-electron chi connectivity index (χ3n) is 7.54. The molecule has 9 nitrogen and oxygen atoms in total. The maximum Gasteiger partial charge on any atom is 0.490 e. The Hall–Kier alpha value is -3.61. The summed E-state index contributed by atoms with van der Waals surface area (Å²) in [5, 5.41) is 12.2. The highest BCUT2D eigenvalue weighted by atomic mass is 35.5. The van der Waals surface area contributed by atoms with E-state index in [0.717, 1.165) is 36.8 Å². The average Bonchev–Trinajstić information content (AvgIpc) is 3.34. The Labute approximate surface area is 261 Å². The number of carbonyl (C=O) groups excluding carboxylic acids is 1. The van der Waals surface area contributed by atoms with Crippen LogP contribution in [-0.2, 0) is 22.7 Å². The minimum Gasteiger partial charge on any atom is -0.475 e. The predicted octanol–water partition coefficient (Wildman–Crippen LogP) is 5.83. The van der Waals surface area contributed by atoms with Crippen LogP contribution >= 0.6 is 23.2 Å². The Kier molecular flexibility index (Phi) is 10.6. The molecule has 1 saturated heterocycles. The summed E-state index contributed by atoms with van der Waals surface area (Å²) < 4.78 is 35.4. The molecule has 0 bridgehead atoms. The summed E-state index contributed by atoms with van der Waals surface area (Å²) in [6, 6.07) is 11.3. The van der Waals surface area contributed by atoms with Crippen molar-refractivity contribution in [2.75, 3.05) is 26.2 Å². The molecule has 2 aromatic heterocycles. The Balaban J connectivity index is 0.000000566. The van der Waals surface area contributed by atoms with Gasteiger partial charge < -0.3 is 24.5 Å². The number of carbonyl (C=O) groups is 2. The van der Waals surface area contributed by atoms with E-state index in [9.17, 15) is 22.8 Å². The molecule has 0 spiro atoms. The van der Waals surface area contributed by atoms with E-state index in [0.29, 0.717) is 57.9 Å². The second-order valence-corrected chi connectivity index (χ2v) is 11.2. The molecule has 14 heteroatoms. The van der Waals surface area contributed by atoms with Gasteiger partial charge in [-0.3, -0.25) is 9.59 Å². The molecule has 0 radical (unpaired) electrons. The summed E-state index contributed by atoms with van der Waals surface area (Å²) in [6.45, 7) is 7.87. The van der Waals surface area contributed by atoms with Crippen LogP contribution in [0.5, 0.6) is 0 Å². The lowest BCUT2D eigenvalue weighted by Crippen LogP contribution is -2.35. The standard InChI is InChI=1S/C28H31Cl2N5O2.C2HF3O2/c1-3-33(4-2)26(36)17-34-16-20(19-9-5-6-10-24(19)34)27-28(37)35(15-18-8-7-11-31-14-18)25-13-22(30)21(29)12-23(25)32-27;3-2(4,5)1(6)7/h5-6,9-10,12-13,16,18,31H,3-4,7-8,11,14-15,17H2,1-2H3;(H,6,7). The fourth-order valence-electron chi connectivity index (χ4n) is 5.32. The van der Waals surface area contributed by atoms with Crippen LogP contribution in [0.3, 0.4) is 0 Å². The molecule has 4 aromatic rings. The van der Waals surface area contributed by atoms with E-state index in [2.05, 4.69) is 5.32 Å². The van der Waals surface area contributed by atoms with Gasteiger partial charge in [0.2, 0.25) is 5.91 Å². The normalized spacial score (nSPS) is 15.2. The molecule has 1 atom stereocenters. The Morgan fingerprint density at radius 2 is 1.77 bits per heavy atom. The number of amides is 1. The summed E-state index contributed by atoms with van der Waals surface area (Å²) in [7, 11) is 0. The van der Waals surface area contributed by atoms with Crippen LogP contribution in [0.2, 0.25) is 10.0 Å². The number of piperidine rings is 1. The summed E-state index contributed by atoms with van der Waals surface area (Å²) in [5.41, 5.74) is 3.06. The van der Waals surface area contributed by atoms with Gasteiger partial charge in [0.25, 0.3) is 5.56 Å². The van der Waals surface area contributed by atoms with Gasteiger partial charge in [-0.05, 0) is 63.9 Å². The fourth-order valence-corrected chi connectivity index (χ4v) is 5.64. The first kappa shape index (κ1) is 33.3. The van der Waals surface area contributed by atoms with Crippen molar-refractivity contribution in [2.45, 2.75) is 46.0 Å². The quantitative estimate of drug-likeness (QED) is 0.260. The van der Waals surface area contributed by atoms with Gasteiger partial charge in [-0.1, -0.05) is 41.4 Å². The smallest absolute Gasteiger partial charge is 0.475 e. The first-order chi connectivity index (χ1) is 20.8. The van der Waals surface area contributed by atoms with Gasteiger partial charge in [0, 0.05) is 42.3 Å². The summed E-state index contributed by atoms with van der Waals surface area (Å²) in [4.78, 5) is 42.5. The van der Waals surface area contributed by atoms with E-state index in [1.165, 1.54) is 0 Å². The van der Waals surface area contributed by atoms with Crippen molar-refractivity contribution in [3.05, 3.63) is 63.0 Å². The Morgan fingerprint density at radius 3 is 2.39 bits per heavy atom. The van der Waals surface area contributed by atoms with Gasteiger partial charge in [0.1, 0.15) is 12.2 Å². The number of alkyl halides is 3. The topological polar surface area (TPSA) is 109 Å². The molecule has 1 amide bonds. The van der Waals surface area contributed by atoms with Crippen molar-refractivity contribution < 1.29 is 27.9 Å². The number of nitrogens with zero attached hydrogens (tertiary/aromatic N) is 4. The highest BCUT2D eigenvalue weighted by Gasteiger charge is 2.38. The van der Waals surface area contributed by atoms with Crippen LogP contribution in [0.1, 0.15) is 26.7 Å². The molecule has 5 rings (SSSR count). The van der Waals surface area contributed by atoms with Crippen LogP contribution in [-0.4, -0.2) is 68.4 Å². The van der Waals surface area contributed by atoms with Crippen LogP contribution in [0.15, 0.2) is 47.4 Å². The minimum atomic E-state index is -5.08. The second-order valence-electron chi connectivity index (χ2n) is 10.4. The SMILES string of the molecule is CCN(CC)C(=O)Cn1cc(-c2nc3cc(Cl)c(Cl)cc3n(CC3CCCNC3)c2=O)c2ccccc21.O=C(O)C(F)(F)F. The Morgan fingerprint density at radius 1 is 1.11 bits per heavy atom. The van der Waals surface area contributed by atoms with Crippen molar-refractivity contribution >= 4 is 57.0 Å². The molecule has 2 aromatic carbocycles. The van der Waals surface area contributed by atoms with E-state index in [1.807, 2.05) is 48.9 Å². The lowest BCUT2D eigenvalue weighted by Gasteiger charge is -2.24. The van der Waals surface area contributed by atoms with Gasteiger partial charge in [-0.25, -0.2) is 9.78 Å². The third kappa shape index (κ3) is 7.36. The number of carboxylic acids is 1. The molecule has 236 valence electrons. The van der Waals surface area contributed by atoms with Crippen LogP contribution in [0.25, 0.3) is 33.2 Å². The largest absolute Gasteiger partial charge is 0.490 e. The number of aromatic nitrogens is 3. The molecule has 1 fully saturated rings. The van der Waals surface area contributed by atoms with Gasteiger partial charge in [0.05, 0.1) is 21.1 Å². The van der Waals surface area contributed by atoms with Gasteiger partial charge in [-0.15, -0.1) is 0 Å². The molecule has 1 aliphatic rings. The number of nitrogens with one attached hydrogen (secondary N) is 1. The van der Waals surface area contributed by atoms with E-state index in [-0.39, 0.29) is 18.0 Å². The van der Waals surface area contributed by atoms with Crippen molar-refractivity contribution in [2.24, 2.45) is 5.92 Å². The monoisotopic (exact) mass is 653 g/mol. The zero-order valence-corrected chi connectivity index (χ0v) is 25.6. The molecule has 44 heavy (non-hydrogen) atoms. The van der Waals surface area contributed by atoms with Crippen molar-refractivity contribution in [1.29, 1.82) is 0 Å². The van der Waals surface area contributed by atoms with Crippen LogP contribution < -0.4 is 10.9 Å². The molecule has 2 N–H and O–H groups in total. The molecule has 3 heterocycles. The van der Waals surface area contributed by atoms with Crippen LogP contribution in [0.4, 0.5) is 13.2 Å². The number of benzene rings is 2. The molecular weight excluding hydrogens is 622 g/mol. The summed E-state index contributed by atoms with van der Waals surface area (Å²) >= 11 is 12.7. The molecule has 0 aliphatic carbocycles. The molecule has 1 aliphatic heterocycles. The van der Waals surface area contributed by atoms with Crippen molar-refractivity contribution in [1.82, 2.24) is 24.3 Å². The first-order valence-electron chi connectivity index (χ1n) is 14.1. The zero-order valence-electron chi connectivity index (χ0n) is 24.1. The number of aliphatic carboxylic acids is 1. The Bertz CT molecular complexity index is 1730.